The molecule has 0 atom stereocenters. The number of hydroxylamine groups is 2. The Hall–Kier alpha value is -3.94. The molecular formula is C19H13N3O5. The number of methoxy groups -OCH3 is 1. The molecule has 0 N–H and O–H groups in total. The van der Waals surface area contributed by atoms with Gasteiger partial charge >= 0.3 is 5.97 Å². The fourth-order valence-corrected chi connectivity index (χ4v) is 2.78. The van der Waals surface area contributed by atoms with Gasteiger partial charge in [0.25, 0.3) is 11.8 Å². The quantitative estimate of drug-likeness (QED) is 0.661. The summed E-state index contributed by atoms with van der Waals surface area (Å²) >= 11 is 0. The first-order valence-corrected chi connectivity index (χ1v) is 7.97. The van der Waals surface area contributed by atoms with E-state index in [1.165, 1.54) is 31.8 Å². The molecule has 0 bridgehead atoms. The molecule has 1 aliphatic rings. The van der Waals surface area contributed by atoms with E-state index in [-0.39, 0.29) is 16.8 Å². The molecule has 8 nitrogen and oxygen atoms in total. The normalized spacial score (nSPS) is 12.9. The summed E-state index contributed by atoms with van der Waals surface area (Å²) < 4.78 is 6.86. The van der Waals surface area contributed by atoms with Gasteiger partial charge in [-0.05, 0) is 24.3 Å². The molecule has 27 heavy (non-hydrogen) atoms. The lowest BCUT2D eigenvalue weighted by atomic mass is 10.1. The molecule has 1 aromatic heterocycles. The second-order valence-electron chi connectivity index (χ2n) is 5.67. The molecule has 3 aromatic rings. The van der Waals surface area contributed by atoms with Crippen LogP contribution in [0.1, 0.15) is 31.2 Å². The second-order valence-corrected chi connectivity index (χ2v) is 5.67. The average molecular weight is 363 g/mol. The average Bonchev–Trinajstić information content (AvgIpc) is 3.28. The zero-order valence-electron chi connectivity index (χ0n) is 14.2. The van der Waals surface area contributed by atoms with Crippen molar-refractivity contribution in [3.63, 3.8) is 0 Å². The molecule has 8 heteroatoms. The highest BCUT2D eigenvalue weighted by Crippen LogP contribution is 2.24. The van der Waals surface area contributed by atoms with Gasteiger partial charge in [0.15, 0.2) is 5.69 Å². The zero-order valence-corrected chi connectivity index (χ0v) is 14.2. The number of ether oxygens (including phenoxy) is 1. The number of imide groups is 1. The van der Waals surface area contributed by atoms with Crippen molar-refractivity contribution in [2.75, 3.05) is 7.11 Å². The van der Waals surface area contributed by atoms with Gasteiger partial charge < -0.3 is 14.1 Å². The van der Waals surface area contributed by atoms with Crippen molar-refractivity contribution < 1.29 is 24.0 Å². The molecule has 1 aliphatic heterocycles. The van der Waals surface area contributed by atoms with Gasteiger partial charge in [0.2, 0.25) is 0 Å². The van der Waals surface area contributed by atoms with Crippen molar-refractivity contribution >= 4 is 17.8 Å². The molecule has 4 rings (SSSR count). The molecule has 0 unspecified atom stereocenters. The smallest absolute Gasteiger partial charge is 0.383 e. The van der Waals surface area contributed by atoms with Gasteiger partial charge in [0, 0.05) is 6.20 Å². The van der Waals surface area contributed by atoms with Crippen molar-refractivity contribution in [2.45, 2.75) is 0 Å². The van der Waals surface area contributed by atoms with Crippen molar-refractivity contribution in [3.05, 3.63) is 77.9 Å². The number of nitrogens with zero attached hydrogens (tertiary/aromatic N) is 3. The number of carbonyl (C=O) groups excluding carboxylic acids is 3. The zero-order chi connectivity index (χ0) is 19.0. The first-order valence-electron chi connectivity index (χ1n) is 7.97. The van der Waals surface area contributed by atoms with E-state index < -0.39 is 17.8 Å². The van der Waals surface area contributed by atoms with Crippen LogP contribution < -0.4 is 4.74 Å². The minimum Gasteiger partial charge on any atom is -0.495 e. The maximum Gasteiger partial charge on any atom is 0.383 e. The van der Waals surface area contributed by atoms with Crippen LogP contribution >= 0.6 is 0 Å². The van der Waals surface area contributed by atoms with Crippen molar-refractivity contribution in [1.82, 2.24) is 14.6 Å². The topological polar surface area (TPSA) is 90.7 Å². The Labute approximate surface area is 153 Å². The molecular weight excluding hydrogens is 350 g/mol. The van der Waals surface area contributed by atoms with Crippen LogP contribution in [0.2, 0.25) is 0 Å². The maximum atomic E-state index is 12.4. The molecule has 0 aliphatic carbocycles. The second kappa shape index (κ2) is 6.41. The van der Waals surface area contributed by atoms with E-state index in [9.17, 15) is 14.4 Å². The van der Waals surface area contributed by atoms with Crippen LogP contribution in [0.25, 0.3) is 5.69 Å². The predicted octanol–water partition coefficient (Wildman–Crippen LogP) is 2.25. The summed E-state index contributed by atoms with van der Waals surface area (Å²) in [7, 11) is 1.53. The largest absolute Gasteiger partial charge is 0.495 e. The van der Waals surface area contributed by atoms with Gasteiger partial charge in [-0.15, -0.1) is 0 Å². The fraction of sp³-hybridized carbons (Fsp3) is 0.0526. The summed E-state index contributed by atoms with van der Waals surface area (Å²) in [4.78, 5) is 45.9. The van der Waals surface area contributed by atoms with Crippen LogP contribution in [0.4, 0.5) is 0 Å². The molecule has 2 aromatic carbocycles. The number of amides is 2. The number of fused-ring (bicyclic) bond motifs is 1. The fourth-order valence-electron chi connectivity index (χ4n) is 2.78. The van der Waals surface area contributed by atoms with E-state index in [4.69, 9.17) is 9.57 Å². The number of benzene rings is 2. The Morgan fingerprint density at radius 3 is 2.26 bits per heavy atom. The van der Waals surface area contributed by atoms with Gasteiger partial charge in [0.05, 0.1) is 23.9 Å². The van der Waals surface area contributed by atoms with Crippen molar-refractivity contribution in [1.29, 1.82) is 0 Å². The highest BCUT2D eigenvalue weighted by atomic mass is 16.7. The lowest BCUT2D eigenvalue weighted by molar-refractivity contribution is -0.0588. The van der Waals surface area contributed by atoms with Gasteiger partial charge in [-0.2, -0.15) is 0 Å². The van der Waals surface area contributed by atoms with E-state index in [0.29, 0.717) is 16.5 Å². The third kappa shape index (κ3) is 2.73. The predicted molar refractivity (Wildman–Crippen MR) is 92.5 cm³/mol. The molecule has 134 valence electrons. The third-order valence-corrected chi connectivity index (χ3v) is 4.09. The number of aromatic nitrogens is 2. The number of rotatable bonds is 4. The van der Waals surface area contributed by atoms with Gasteiger partial charge in [-0.25, -0.2) is 9.78 Å². The Kier molecular flexibility index (Phi) is 3.92. The van der Waals surface area contributed by atoms with Gasteiger partial charge in [-0.1, -0.05) is 29.3 Å². The monoisotopic (exact) mass is 363 g/mol. The first-order chi connectivity index (χ1) is 13.1. The highest BCUT2D eigenvalue weighted by Gasteiger charge is 2.39. The molecule has 0 spiro atoms. The SMILES string of the molecule is COc1ccccc1-n1cnc(C(=O)ON2C(=O)c3ccccc3C2=O)c1. The van der Waals surface area contributed by atoms with Crippen LogP contribution in [0.5, 0.6) is 5.75 Å². The Balaban J connectivity index is 1.56. The molecule has 0 saturated heterocycles. The number of hydrogen-bond donors (Lipinski definition) is 0. The molecule has 0 saturated carbocycles. The standard InChI is InChI=1S/C19H13N3O5/c1-26-16-9-5-4-8-15(16)21-10-14(20-11-21)19(25)27-22-17(23)12-6-2-3-7-13(12)18(22)24/h2-11H,1H3. The Morgan fingerprint density at radius 2 is 1.59 bits per heavy atom. The number of imidazole rings is 1. The Bertz CT molecular complexity index is 1040. The first kappa shape index (κ1) is 16.5. The van der Waals surface area contributed by atoms with Crippen LogP contribution in [-0.4, -0.2) is 39.5 Å². The van der Waals surface area contributed by atoms with Crippen molar-refractivity contribution in [3.8, 4) is 11.4 Å². The molecule has 0 radical (unpaired) electrons. The van der Waals surface area contributed by atoms with Gasteiger partial charge in [0.1, 0.15) is 12.1 Å². The third-order valence-electron chi connectivity index (χ3n) is 4.09. The lowest BCUT2D eigenvalue weighted by Crippen LogP contribution is -2.32. The van der Waals surface area contributed by atoms with Crippen molar-refractivity contribution in [2.24, 2.45) is 0 Å². The van der Waals surface area contributed by atoms with Crippen LogP contribution in [-0.2, 0) is 4.84 Å². The number of hydrogen-bond acceptors (Lipinski definition) is 6. The maximum absolute atomic E-state index is 12.4. The summed E-state index contributed by atoms with van der Waals surface area (Å²) in [6.07, 6.45) is 2.84. The molecule has 0 fully saturated rings. The number of carbonyl (C=O) groups is 3. The van der Waals surface area contributed by atoms with E-state index in [1.54, 1.807) is 28.8 Å². The summed E-state index contributed by atoms with van der Waals surface area (Å²) in [6, 6.07) is 13.4. The number of para-hydroxylation sites is 2. The summed E-state index contributed by atoms with van der Waals surface area (Å²) in [5, 5.41) is 0.453. The van der Waals surface area contributed by atoms with Crippen LogP contribution in [0.15, 0.2) is 61.1 Å². The van der Waals surface area contributed by atoms with Gasteiger partial charge in [-0.3, -0.25) is 9.59 Å². The minimum absolute atomic E-state index is 0.0579. The van der Waals surface area contributed by atoms with E-state index in [2.05, 4.69) is 4.98 Å². The van der Waals surface area contributed by atoms with E-state index >= 15 is 0 Å². The molecule has 2 heterocycles. The van der Waals surface area contributed by atoms with Crippen LogP contribution in [0, 0.1) is 0 Å². The van der Waals surface area contributed by atoms with E-state index in [1.807, 2.05) is 12.1 Å². The summed E-state index contributed by atoms with van der Waals surface area (Å²) in [5.41, 5.74) is 0.995. The molecule has 2 amide bonds. The summed E-state index contributed by atoms with van der Waals surface area (Å²) in [6.45, 7) is 0. The summed E-state index contributed by atoms with van der Waals surface area (Å²) in [5.74, 6) is -1.70. The minimum atomic E-state index is -0.918. The van der Waals surface area contributed by atoms with Crippen LogP contribution in [0.3, 0.4) is 0 Å². The van der Waals surface area contributed by atoms with E-state index in [0.717, 1.165) is 0 Å². The Morgan fingerprint density at radius 1 is 0.963 bits per heavy atom. The lowest BCUT2D eigenvalue weighted by Gasteiger charge is -2.11. The highest BCUT2D eigenvalue weighted by molar-refractivity contribution is 6.21.